The first-order valence-electron chi connectivity index (χ1n) is 5.52. The highest BCUT2D eigenvalue weighted by molar-refractivity contribution is 5.87. The molecule has 0 unspecified atom stereocenters. The van der Waals surface area contributed by atoms with Gasteiger partial charge in [0.2, 0.25) is 0 Å². The number of carboxylic acids is 1. The van der Waals surface area contributed by atoms with Crippen molar-refractivity contribution in [1.82, 2.24) is 4.98 Å². The highest BCUT2D eigenvalue weighted by Gasteiger charge is 2.17. The third-order valence-electron chi connectivity index (χ3n) is 2.24. The largest absolute Gasteiger partial charge is 0.478 e. The van der Waals surface area contributed by atoms with Crippen molar-refractivity contribution in [3.8, 4) is 0 Å². The average molecular weight is 238 g/mol. The van der Waals surface area contributed by atoms with E-state index in [0.29, 0.717) is 19.0 Å². The molecule has 0 aliphatic rings. The minimum atomic E-state index is -0.973. The van der Waals surface area contributed by atoms with Crippen molar-refractivity contribution >= 4 is 11.8 Å². The van der Waals surface area contributed by atoms with Crippen molar-refractivity contribution < 1.29 is 14.6 Å². The fraction of sp³-hybridized carbons (Fsp3) is 0.500. The first-order valence-corrected chi connectivity index (χ1v) is 5.52. The number of hydrogen-bond acceptors (Lipinski definition) is 4. The maximum atomic E-state index is 10.6. The van der Waals surface area contributed by atoms with Crippen molar-refractivity contribution in [1.29, 1.82) is 0 Å². The number of rotatable bonds is 6. The molecule has 0 radical (unpaired) electrons. The molecule has 0 bridgehead atoms. The number of carboxylic acid groups (broad SMARTS) is 1. The van der Waals surface area contributed by atoms with Gasteiger partial charge in [-0.25, -0.2) is 9.78 Å². The smallest absolute Gasteiger partial charge is 0.337 e. The van der Waals surface area contributed by atoms with Gasteiger partial charge in [-0.3, -0.25) is 0 Å². The number of nitrogens with zero attached hydrogens (tertiary/aromatic N) is 1. The molecule has 1 aromatic rings. The summed E-state index contributed by atoms with van der Waals surface area (Å²) in [4.78, 5) is 14.6. The topological polar surface area (TPSA) is 71.5 Å². The third kappa shape index (κ3) is 4.40. The Morgan fingerprint density at radius 2 is 2.24 bits per heavy atom. The van der Waals surface area contributed by atoms with Crippen LogP contribution < -0.4 is 5.32 Å². The van der Waals surface area contributed by atoms with E-state index in [9.17, 15) is 4.79 Å². The molecular formula is C12H18N2O3. The predicted octanol–water partition coefficient (Wildman–Crippen LogP) is 2.01. The van der Waals surface area contributed by atoms with Gasteiger partial charge in [0, 0.05) is 19.3 Å². The number of ether oxygens (including phenoxy) is 1. The van der Waals surface area contributed by atoms with Crippen LogP contribution in [0, 0.1) is 0 Å². The molecule has 17 heavy (non-hydrogen) atoms. The molecule has 0 fully saturated rings. The summed E-state index contributed by atoms with van der Waals surface area (Å²) in [6.45, 7) is 7.17. The molecule has 1 rings (SSSR count). The van der Waals surface area contributed by atoms with Gasteiger partial charge < -0.3 is 15.2 Å². The van der Waals surface area contributed by atoms with Crippen LogP contribution >= 0.6 is 0 Å². The van der Waals surface area contributed by atoms with Gasteiger partial charge >= 0.3 is 5.97 Å². The van der Waals surface area contributed by atoms with Gasteiger partial charge in [0.05, 0.1) is 11.2 Å². The van der Waals surface area contributed by atoms with E-state index in [1.807, 2.05) is 20.8 Å². The summed E-state index contributed by atoms with van der Waals surface area (Å²) < 4.78 is 5.53. The van der Waals surface area contributed by atoms with E-state index < -0.39 is 5.97 Å². The van der Waals surface area contributed by atoms with Crippen molar-refractivity contribution in [3.05, 3.63) is 23.9 Å². The normalized spacial score (nSPS) is 11.2. The van der Waals surface area contributed by atoms with Crippen LogP contribution in [-0.2, 0) is 4.74 Å². The minimum absolute atomic E-state index is 0.180. The highest BCUT2D eigenvalue weighted by Crippen LogP contribution is 2.11. The highest BCUT2D eigenvalue weighted by atomic mass is 16.5. The Morgan fingerprint density at radius 3 is 2.71 bits per heavy atom. The van der Waals surface area contributed by atoms with Crippen molar-refractivity contribution in [2.24, 2.45) is 0 Å². The van der Waals surface area contributed by atoms with Gasteiger partial charge in [-0.2, -0.15) is 0 Å². The van der Waals surface area contributed by atoms with E-state index in [4.69, 9.17) is 9.84 Å². The standard InChI is InChI=1S/C12H18N2O3/c1-4-17-12(2,3)8-14-10-6-5-9(7-13-10)11(15)16/h5-7H,4,8H2,1-3H3,(H,13,14)(H,15,16). The lowest BCUT2D eigenvalue weighted by Gasteiger charge is -2.25. The molecule has 0 saturated heterocycles. The number of aromatic carboxylic acids is 1. The van der Waals surface area contributed by atoms with Gasteiger partial charge in [-0.05, 0) is 32.9 Å². The number of aromatic nitrogens is 1. The van der Waals surface area contributed by atoms with E-state index in [-0.39, 0.29) is 11.2 Å². The SMILES string of the molecule is CCOC(C)(C)CNc1ccc(C(=O)O)cn1. The summed E-state index contributed by atoms with van der Waals surface area (Å²) in [6.07, 6.45) is 1.33. The quantitative estimate of drug-likeness (QED) is 0.793. The Labute approximate surface area is 101 Å². The fourth-order valence-corrected chi connectivity index (χ4v) is 1.37. The molecule has 0 amide bonds. The zero-order valence-corrected chi connectivity index (χ0v) is 10.4. The van der Waals surface area contributed by atoms with E-state index in [1.165, 1.54) is 12.3 Å². The Balaban J connectivity index is 2.55. The fourth-order valence-electron chi connectivity index (χ4n) is 1.37. The summed E-state index contributed by atoms with van der Waals surface area (Å²) in [6, 6.07) is 3.16. The lowest BCUT2D eigenvalue weighted by molar-refractivity contribution is 0.000634. The molecule has 0 atom stereocenters. The molecular weight excluding hydrogens is 220 g/mol. The zero-order valence-electron chi connectivity index (χ0n) is 10.4. The average Bonchev–Trinajstić information content (AvgIpc) is 2.27. The second-order valence-corrected chi connectivity index (χ2v) is 4.28. The van der Waals surface area contributed by atoms with E-state index in [2.05, 4.69) is 10.3 Å². The van der Waals surface area contributed by atoms with Gasteiger partial charge in [0.25, 0.3) is 0 Å². The molecule has 2 N–H and O–H groups in total. The van der Waals surface area contributed by atoms with Crippen LogP contribution in [0.1, 0.15) is 31.1 Å². The van der Waals surface area contributed by atoms with Crippen LogP contribution in [0.4, 0.5) is 5.82 Å². The molecule has 5 heteroatoms. The number of pyridine rings is 1. The predicted molar refractivity (Wildman–Crippen MR) is 65.4 cm³/mol. The van der Waals surface area contributed by atoms with Crippen molar-refractivity contribution in [2.75, 3.05) is 18.5 Å². The minimum Gasteiger partial charge on any atom is -0.478 e. The molecule has 1 heterocycles. The Morgan fingerprint density at radius 1 is 1.53 bits per heavy atom. The van der Waals surface area contributed by atoms with Crippen LogP contribution in [0.3, 0.4) is 0 Å². The van der Waals surface area contributed by atoms with E-state index >= 15 is 0 Å². The molecule has 0 saturated carbocycles. The van der Waals surface area contributed by atoms with Gasteiger partial charge in [-0.1, -0.05) is 0 Å². The van der Waals surface area contributed by atoms with Crippen LogP contribution in [0.15, 0.2) is 18.3 Å². The lowest BCUT2D eigenvalue weighted by atomic mass is 10.1. The second-order valence-electron chi connectivity index (χ2n) is 4.28. The van der Waals surface area contributed by atoms with Crippen LogP contribution in [-0.4, -0.2) is 34.8 Å². The van der Waals surface area contributed by atoms with E-state index in [1.54, 1.807) is 6.07 Å². The number of nitrogens with one attached hydrogen (secondary N) is 1. The van der Waals surface area contributed by atoms with Crippen LogP contribution in [0.25, 0.3) is 0 Å². The summed E-state index contributed by atoms with van der Waals surface area (Å²) in [7, 11) is 0. The van der Waals surface area contributed by atoms with Crippen LogP contribution in [0.2, 0.25) is 0 Å². The summed E-state index contributed by atoms with van der Waals surface area (Å²) in [5.74, 6) is -0.332. The molecule has 5 nitrogen and oxygen atoms in total. The first kappa shape index (κ1) is 13.4. The van der Waals surface area contributed by atoms with Crippen molar-refractivity contribution in [2.45, 2.75) is 26.4 Å². The third-order valence-corrected chi connectivity index (χ3v) is 2.24. The molecule has 0 aliphatic heterocycles. The van der Waals surface area contributed by atoms with Gasteiger partial charge in [0.1, 0.15) is 5.82 Å². The van der Waals surface area contributed by atoms with Gasteiger partial charge in [0.15, 0.2) is 0 Å². The number of carbonyl (C=O) groups is 1. The first-order chi connectivity index (χ1) is 7.94. The molecule has 0 aliphatic carbocycles. The Hall–Kier alpha value is -1.62. The number of anilines is 1. The monoisotopic (exact) mass is 238 g/mol. The summed E-state index contributed by atoms with van der Waals surface area (Å²) in [5.41, 5.74) is -0.0957. The molecule has 0 spiro atoms. The Kier molecular flexibility index (Phi) is 4.45. The Bertz CT molecular complexity index is 374. The molecule has 1 aromatic heterocycles. The van der Waals surface area contributed by atoms with Crippen LogP contribution in [0.5, 0.6) is 0 Å². The zero-order chi connectivity index (χ0) is 12.9. The lowest BCUT2D eigenvalue weighted by Crippen LogP contribution is -2.33. The van der Waals surface area contributed by atoms with Crippen molar-refractivity contribution in [3.63, 3.8) is 0 Å². The maximum Gasteiger partial charge on any atom is 0.337 e. The van der Waals surface area contributed by atoms with Gasteiger partial charge in [-0.15, -0.1) is 0 Å². The summed E-state index contributed by atoms with van der Waals surface area (Å²) >= 11 is 0. The second kappa shape index (κ2) is 5.63. The maximum absolute atomic E-state index is 10.6. The molecule has 94 valence electrons. The number of hydrogen-bond donors (Lipinski definition) is 2. The molecule has 0 aromatic carbocycles. The van der Waals surface area contributed by atoms with E-state index in [0.717, 1.165) is 0 Å². The summed E-state index contributed by atoms with van der Waals surface area (Å²) in [5, 5.41) is 11.8.